The molecule has 0 spiro atoms. The lowest BCUT2D eigenvalue weighted by Crippen LogP contribution is -2.31. The lowest BCUT2D eigenvalue weighted by molar-refractivity contribution is -0.141. The van der Waals surface area contributed by atoms with Crippen molar-refractivity contribution in [2.75, 3.05) is 0 Å². The maximum Gasteiger partial charge on any atom is 0.433 e. The van der Waals surface area contributed by atoms with Gasteiger partial charge in [-0.2, -0.15) is 13.2 Å². The van der Waals surface area contributed by atoms with Crippen molar-refractivity contribution in [3.05, 3.63) is 67.1 Å². The van der Waals surface area contributed by atoms with Gasteiger partial charge in [0.25, 0.3) is 5.56 Å². The van der Waals surface area contributed by atoms with Crippen molar-refractivity contribution in [3.63, 3.8) is 0 Å². The van der Waals surface area contributed by atoms with Gasteiger partial charge in [0.1, 0.15) is 11.3 Å². The van der Waals surface area contributed by atoms with Gasteiger partial charge in [0.05, 0.1) is 11.1 Å². The van der Waals surface area contributed by atoms with Gasteiger partial charge >= 0.3 is 11.9 Å². The molecule has 10 heteroatoms. The minimum Gasteiger partial charge on any atom is -0.409 e. The number of alkyl halides is 3. The van der Waals surface area contributed by atoms with E-state index in [-0.39, 0.29) is 21.7 Å². The number of hydrogen-bond acceptors (Lipinski definition) is 4. The third-order valence-electron chi connectivity index (χ3n) is 3.12. The molecule has 5 nitrogen and oxygen atoms in total. The molecule has 2 heterocycles. The van der Waals surface area contributed by atoms with Crippen molar-refractivity contribution in [2.24, 2.45) is 0 Å². The molecule has 3 aromatic rings. The van der Waals surface area contributed by atoms with Gasteiger partial charge < -0.3 is 4.42 Å². The second-order valence-electron chi connectivity index (χ2n) is 4.65. The first-order chi connectivity index (χ1) is 11.2. The smallest absolute Gasteiger partial charge is 0.409 e. The summed E-state index contributed by atoms with van der Waals surface area (Å²) in [5, 5.41) is -0.477. The van der Waals surface area contributed by atoms with E-state index in [1.807, 2.05) is 0 Å². The number of rotatable bonds is 1. The van der Waals surface area contributed by atoms with Gasteiger partial charge in [-0.3, -0.25) is 4.79 Å². The fraction of sp³-hybridized carbons (Fsp3) is 0.0714. The van der Waals surface area contributed by atoms with E-state index < -0.39 is 28.3 Å². The Kier molecular flexibility index (Phi) is 3.89. The molecule has 0 saturated carbocycles. The summed E-state index contributed by atoms with van der Waals surface area (Å²) in [6.07, 6.45) is -4.71. The molecule has 0 radical (unpaired) electrons. The molecule has 0 aliphatic heterocycles. The average molecular weight is 377 g/mol. The van der Waals surface area contributed by atoms with Crippen molar-refractivity contribution in [2.45, 2.75) is 6.18 Å². The highest BCUT2D eigenvalue weighted by molar-refractivity contribution is 6.31. The average Bonchev–Trinajstić information content (AvgIpc) is 2.48. The van der Waals surface area contributed by atoms with Crippen LogP contribution < -0.4 is 11.3 Å². The van der Waals surface area contributed by atoms with Gasteiger partial charge in [-0.25, -0.2) is 14.3 Å². The van der Waals surface area contributed by atoms with Gasteiger partial charge in [-0.15, -0.1) is 0 Å². The van der Waals surface area contributed by atoms with Crippen molar-refractivity contribution >= 4 is 34.2 Å². The molecular weight excluding hydrogens is 372 g/mol. The van der Waals surface area contributed by atoms with Gasteiger partial charge in [0.2, 0.25) is 0 Å². The molecule has 124 valence electrons. The minimum atomic E-state index is -4.71. The Morgan fingerprint density at radius 2 is 1.79 bits per heavy atom. The zero-order valence-electron chi connectivity index (χ0n) is 11.4. The summed E-state index contributed by atoms with van der Waals surface area (Å²) in [5.41, 5.74) is -2.43. The van der Waals surface area contributed by atoms with Gasteiger partial charge in [0, 0.05) is 5.02 Å². The molecule has 1 aromatic carbocycles. The Morgan fingerprint density at radius 3 is 2.42 bits per heavy atom. The van der Waals surface area contributed by atoms with Crippen LogP contribution in [0.2, 0.25) is 10.2 Å². The molecular formula is C14H5Cl2F3N2O3. The van der Waals surface area contributed by atoms with Crippen LogP contribution in [0, 0.1) is 0 Å². The SMILES string of the molecule is O=c1oc2ccc(Cl)cc2c(=O)n1-c1ccc(C(F)(F)F)nc1Cl. The number of nitrogens with zero attached hydrogens (tertiary/aromatic N) is 2. The number of pyridine rings is 1. The fourth-order valence-electron chi connectivity index (χ4n) is 2.06. The third-order valence-corrected chi connectivity index (χ3v) is 3.63. The number of benzene rings is 1. The van der Waals surface area contributed by atoms with Crippen LogP contribution in [0.4, 0.5) is 13.2 Å². The maximum absolute atomic E-state index is 12.6. The Morgan fingerprint density at radius 1 is 1.08 bits per heavy atom. The molecule has 0 aliphatic carbocycles. The predicted molar refractivity (Wildman–Crippen MR) is 80.9 cm³/mol. The van der Waals surface area contributed by atoms with E-state index in [2.05, 4.69) is 4.98 Å². The summed E-state index contributed by atoms with van der Waals surface area (Å²) < 4.78 is 43.4. The fourth-order valence-corrected chi connectivity index (χ4v) is 2.47. The van der Waals surface area contributed by atoms with Crippen molar-refractivity contribution in [1.82, 2.24) is 9.55 Å². The van der Waals surface area contributed by atoms with Crippen molar-refractivity contribution in [1.29, 1.82) is 0 Å². The maximum atomic E-state index is 12.6. The van der Waals surface area contributed by atoms with E-state index in [4.69, 9.17) is 27.6 Å². The van der Waals surface area contributed by atoms with Crippen LogP contribution in [0.15, 0.2) is 44.3 Å². The van der Waals surface area contributed by atoms with E-state index in [9.17, 15) is 22.8 Å². The second kappa shape index (κ2) is 5.64. The first-order valence-corrected chi connectivity index (χ1v) is 7.03. The predicted octanol–water partition coefficient (Wildman–Crippen LogP) is 3.66. The van der Waals surface area contributed by atoms with Crippen LogP contribution in [-0.4, -0.2) is 9.55 Å². The second-order valence-corrected chi connectivity index (χ2v) is 5.45. The summed E-state index contributed by atoms with van der Waals surface area (Å²) in [6, 6.07) is 5.49. The van der Waals surface area contributed by atoms with Crippen LogP contribution in [0.1, 0.15) is 5.69 Å². The van der Waals surface area contributed by atoms with Crippen LogP contribution >= 0.6 is 23.2 Å². The third kappa shape index (κ3) is 2.78. The summed E-state index contributed by atoms with van der Waals surface area (Å²) in [6.45, 7) is 0. The Balaban J connectivity index is 2.31. The summed E-state index contributed by atoms with van der Waals surface area (Å²) >= 11 is 11.5. The molecule has 0 aliphatic rings. The molecule has 0 N–H and O–H groups in total. The van der Waals surface area contributed by atoms with E-state index >= 15 is 0 Å². The largest absolute Gasteiger partial charge is 0.433 e. The molecule has 0 atom stereocenters. The molecule has 3 rings (SSSR count). The van der Waals surface area contributed by atoms with E-state index in [1.165, 1.54) is 18.2 Å². The summed E-state index contributed by atoms with van der Waals surface area (Å²) in [5.74, 6) is -1.11. The number of halogens is 5. The van der Waals surface area contributed by atoms with Crippen LogP contribution in [0.25, 0.3) is 16.7 Å². The summed E-state index contributed by atoms with van der Waals surface area (Å²) in [7, 11) is 0. The highest BCUT2D eigenvalue weighted by Gasteiger charge is 2.33. The molecule has 0 saturated heterocycles. The van der Waals surface area contributed by atoms with Crippen LogP contribution in [0.5, 0.6) is 0 Å². The lowest BCUT2D eigenvalue weighted by Gasteiger charge is -2.10. The molecule has 0 unspecified atom stereocenters. The standard InChI is InChI=1S/C14H5Cl2F3N2O3/c15-6-1-3-9-7(5-6)12(22)21(13(23)24-9)8-2-4-10(14(17,18)19)20-11(8)16/h1-5H. The highest BCUT2D eigenvalue weighted by Crippen LogP contribution is 2.30. The van der Waals surface area contributed by atoms with E-state index in [0.29, 0.717) is 10.6 Å². The number of aromatic nitrogens is 2. The molecule has 0 bridgehead atoms. The molecule has 0 fully saturated rings. The Bertz CT molecular complexity index is 1070. The van der Waals surface area contributed by atoms with Gasteiger partial charge in [0.15, 0.2) is 5.15 Å². The van der Waals surface area contributed by atoms with Gasteiger partial charge in [-0.05, 0) is 30.3 Å². The zero-order chi connectivity index (χ0) is 17.6. The monoisotopic (exact) mass is 376 g/mol. The topological polar surface area (TPSA) is 65.1 Å². The highest BCUT2D eigenvalue weighted by atomic mass is 35.5. The molecule has 24 heavy (non-hydrogen) atoms. The quantitative estimate of drug-likeness (QED) is 0.608. The number of hydrogen-bond donors (Lipinski definition) is 0. The lowest BCUT2D eigenvalue weighted by atomic mass is 10.2. The van der Waals surface area contributed by atoms with Crippen molar-refractivity contribution in [3.8, 4) is 5.69 Å². The Hall–Kier alpha value is -2.32. The Labute approximate surface area is 140 Å². The summed E-state index contributed by atoms with van der Waals surface area (Å²) in [4.78, 5) is 27.7. The van der Waals surface area contributed by atoms with Crippen LogP contribution in [-0.2, 0) is 6.18 Å². The number of fused-ring (bicyclic) bond motifs is 1. The normalized spacial score (nSPS) is 11.9. The molecule has 0 amide bonds. The van der Waals surface area contributed by atoms with Crippen molar-refractivity contribution < 1.29 is 17.6 Å². The van der Waals surface area contributed by atoms with Gasteiger partial charge in [-0.1, -0.05) is 23.2 Å². The van der Waals surface area contributed by atoms with E-state index in [0.717, 1.165) is 6.07 Å². The first-order valence-electron chi connectivity index (χ1n) is 6.28. The van der Waals surface area contributed by atoms with E-state index in [1.54, 1.807) is 0 Å². The van der Waals surface area contributed by atoms with Crippen LogP contribution in [0.3, 0.4) is 0 Å². The molecule has 2 aromatic heterocycles. The minimum absolute atomic E-state index is 0.0124. The zero-order valence-corrected chi connectivity index (χ0v) is 12.9. The first kappa shape index (κ1) is 16.5.